The molecule has 1 aliphatic heterocycles. The first-order chi connectivity index (χ1) is 8.61. The monoisotopic (exact) mass is 249 g/mol. The third kappa shape index (κ3) is 2.58. The fraction of sp³-hybridized carbons (Fsp3) is 0.500. The molecule has 0 amide bonds. The standard InChI is InChI=1S/C14H19NO3/c1-10-4-3-7-15(9-10)13-8-11(18-2)5-6-12(13)14(16)17/h5-6,8,10H,3-4,7,9H2,1-2H3,(H,16,17). The van der Waals surface area contributed by atoms with Crippen molar-refractivity contribution in [3.8, 4) is 5.75 Å². The number of piperidine rings is 1. The average Bonchev–Trinajstić information content (AvgIpc) is 2.38. The summed E-state index contributed by atoms with van der Waals surface area (Å²) in [6, 6.07) is 5.14. The Bertz CT molecular complexity index is 445. The number of carbonyl (C=O) groups is 1. The minimum Gasteiger partial charge on any atom is -0.497 e. The van der Waals surface area contributed by atoms with E-state index in [9.17, 15) is 9.90 Å². The van der Waals surface area contributed by atoms with Crippen LogP contribution in [0.4, 0.5) is 5.69 Å². The van der Waals surface area contributed by atoms with E-state index in [4.69, 9.17) is 4.74 Å². The first kappa shape index (κ1) is 12.7. The molecule has 1 aromatic rings. The van der Waals surface area contributed by atoms with Crippen LogP contribution in [0, 0.1) is 5.92 Å². The molecule has 0 radical (unpaired) electrons. The predicted octanol–water partition coefficient (Wildman–Crippen LogP) is 2.63. The van der Waals surface area contributed by atoms with Crippen LogP contribution in [-0.2, 0) is 0 Å². The van der Waals surface area contributed by atoms with Gasteiger partial charge in [0.25, 0.3) is 0 Å². The van der Waals surface area contributed by atoms with Gasteiger partial charge in [-0.15, -0.1) is 0 Å². The highest BCUT2D eigenvalue weighted by atomic mass is 16.5. The second kappa shape index (κ2) is 5.29. The summed E-state index contributed by atoms with van der Waals surface area (Å²) < 4.78 is 5.19. The molecule has 1 N–H and O–H groups in total. The van der Waals surface area contributed by atoms with E-state index in [1.54, 1.807) is 19.2 Å². The lowest BCUT2D eigenvalue weighted by molar-refractivity contribution is 0.0697. The van der Waals surface area contributed by atoms with Crippen LogP contribution in [0.25, 0.3) is 0 Å². The number of ether oxygens (including phenoxy) is 1. The maximum atomic E-state index is 11.3. The minimum atomic E-state index is -0.883. The molecule has 4 heteroatoms. The van der Waals surface area contributed by atoms with Gasteiger partial charge in [-0.1, -0.05) is 6.92 Å². The lowest BCUT2D eigenvalue weighted by Crippen LogP contribution is -2.35. The Balaban J connectivity index is 2.36. The Labute approximate surface area is 107 Å². The minimum absolute atomic E-state index is 0.352. The van der Waals surface area contributed by atoms with Gasteiger partial charge in [-0.25, -0.2) is 4.79 Å². The third-order valence-electron chi connectivity index (χ3n) is 3.43. The van der Waals surface area contributed by atoms with Crippen LogP contribution in [-0.4, -0.2) is 31.3 Å². The average molecular weight is 249 g/mol. The molecular weight excluding hydrogens is 230 g/mol. The van der Waals surface area contributed by atoms with E-state index in [1.807, 2.05) is 6.07 Å². The number of nitrogens with zero attached hydrogens (tertiary/aromatic N) is 1. The van der Waals surface area contributed by atoms with E-state index < -0.39 is 5.97 Å². The van der Waals surface area contributed by atoms with Crippen LogP contribution in [0.2, 0.25) is 0 Å². The Kier molecular flexibility index (Phi) is 3.75. The van der Waals surface area contributed by atoms with E-state index in [2.05, 4.69) is 11.8 Å². The highest BCUT2D eigenvalue weighted by molar-refractivity contribution is 5.94. The van der Waals surface area contributed by atoms with E-state index in [0.29, 0.717) is 17.2 Å². The van der Waals surface area contributed by atoms with E-state index in [0.717, 1.165) is 25.2 Å². The second-order valence-electron chi connectivity index (χ2n) is 4.88. The zero-order valence-corrected chi connectivity index (χ0v) is 10.8. The van der Waals surface area contributed by atoms with Crippen molar-refractivity contribution in [2.45, 2.75) is 19.8 Å². The van der Waals surface area contributed by atoms with Gasteiger partial charge >= 0.3 is 5.97 Å². The Morgan fingerprint density at radius 2 is 2.28 bits per heavy atom. The van der Waals surface area contributed by atoms with Crippen molar-refractivity contribution in [2.75, 3.05) is 25.1 Å². The number of aromatic carboxylic acids is 1. The summed E-state index contributed by atoms with van der Waals surface area (Å²) in [5.74, 6) is 0.422. The molecule has 1 aliphatic rings. The molecule has 4 nitrogen and oxygen atoms in total. The first-order valence-electron chi connectivity index (χ1n) is 6.28. The van der Waals surface area contributed by atoms with Gasteiger partial charge in [0.05, 0.1) is 18.4 Å². The quantitative estimate of drug-likeness (QED) is 0.894. The van der Waals surface area contributed by atoms with Crippen LogP contribution in [0.15, 0.2) is 18.2 Å². The van der Waals surface area contributed by atoms with Gasteiger partial charge in [-0.05, 0) is 30.9 Å². The van der Waals surface area contributed by atoms with Crippen molar-refractivity contribution < 1.29 is 14.6 Å². The van der Waals surface area contributed by atoms with Gasteiger partial charge in [-0.3, -0.25) is 0 Å². The maximum absolute atomic E-state index is 11.3. The summed E-state index contributed by atoms with van der Waals surface area (Å²) >= 11 is 0. The molecule has 1 aromatic carbocycles. The normalized spacial score (nSPS) is 19.7. The molecule has 0 aromatic heterocycles. The van der Waals surface area contributed by atoms with Crippen LogP contribution in [0.5, 0.6) is 5.75 Å². The summed E-state index contributed by atoms with van der Waals surface area (Å²) in [4.78, 5) is 13.4. The van der Waals surface area contributed by atoms with Gasteiger partial charge in [0.1, 0.15) is 5.75 Å². The summed E-state index contributed by atoms with van der Waals surface area (Å²) in [6.07, 6.45) is 2.32. The Morgan fingerprint density at radius 3 is 2.89 bits per heavy atom. The smallest absolute Gasteiger partial charge is 0.337 e. The molecule has 1 unspecified atom stereocenters. The van der Waals surface area contributed by atoms with Crippen molar-refractivity contribution in [1.29, 1.82) is 0 Å². The zero-order chi connectivity index (χ0) is 13.1. The van der Waals surface area contributed by atoms with Crippen molar-refractivity contribution in [1.82, 2.24) is 0 Å². The zero-order valence-electron chi connectivity index (χ0n) is 10.8. The lowest BCUT2D eigenvalue weighted by Gasteiger charge is -2.33. The number of benzene rings is 1. The number of hydrogen-bond donors (Lipinski definition) is 1. The van der Waals surface area contributed by atoms with Crippen molar-refractivity contribution in [3.63, 3.8) is 0 Å². The molecular formula is C14H19NO3. The molecule has 0 bridgehead atoms. The maximum Gasteiger partial charge on any atom is 0.337 e. The highest BCUT2D eigenvalue weighted by Gasteiger charge is 2.21. The summed E-state index contributed by atoms with van der Waals surface area (Å²) in [7, 11) is 1.60. The summed E-state index contributed by atoms with van der Waals surface area (Å²) in [6.45, 7) is 4.03. The predicted molar refractivity (Wildman–Crippen MR) is 70.6 cm³/mol. The molecule has 0 spiro atoms. The molecule has 1 saturated heterocycles. The molecule has 0 saturated carbocycles. The Morgan fingerprint density at radius 1 is 1.50 bits per heavy atom. The lowest BCUT2D eigenvalue weighted by atomic mass is 9.98. The number of carboxylic acid groups (broad SMARTS) is 1. The van der Waals surface area contributed by atoms with Crippen molar-refractivity contribution in [2.24, 2.45) is 5.92 Å². The van der Waals surface area contributed by atoms with Crippen LogP contribution in [0.3, 0.4) is 0 Å². The third-order valence-corrected chi connectivity index (χ3v) is 3.43. The number of methoxy groups -OCH3 is 1. The molecule has 1 fully saturated rings. The highest BCUT2D eigenvalue weighted by Crippen LogP contribution is 2.29. The van der Waals surface area contributed by atoms with E-state index >= 15 is 0 Å². The van der Waals surface area contributed by atoms with Crippen LogP contribution < -0.4 is 9.64 Å². The van der Waals surface area contributed by atoms with Crippen molar-refractivity contribution in [3.05, 3.63) is 23.8 Å². The van der Waals surface area contributed by atoms with E-state index in [-0.39, 0.29) is 0 Å². The van der Waals surface area contributed by atoms with Crippen LogP contribution >= 0.6 is 0 Å². The second-order valence-corrected chi connectivity index (χ2v) is 4.88. The van der Waals surface area contributed by atoms with Gasteiger partial charge in [-0.2, -0.15) is 0 Å². The molecule has 2 rings (SSSR count). The Hall–Kier alpha value is -1.71. The summed E-state index contributed by atoms with van der Waals surface area (Å²) in [5, 5.41) is 9.26. The van der Waals surface area contributed by atoms with Gasteiger partial charge < -0.3 is 14.7 Å². The number of rotatable bonds is 3. The topological polar surface area (TPSA) is 49.8 Å². The van der Waals surface area contributed by atoms with Gasteiger partial charge in [0.2, 0.25) is 0 Å². The SMILES string of the molecule is COc1ccc(C(=O)O)c(N2CCCC(C)C2)c1. The van der Waals surface area contributed by atoms with E-state index in [1.165, 1.54) is 6.42 Å². The molecule has 1 atom stereocenters. The fourth-order valence-corrected chi connectivity index (χ4v) is 2.49. The first-order valence-corrected chi connectivity index (χ1v) is 6.28. The number of anilines is 1. The summed E-state index contributed by atoms with van der Waals surface area (Å²) in [5.41, 5.74) is 1.12. The van der Waals surface area contributed by atoms with Crippen molar-refractivity contribution >= 4 is 11.7 Å². The fourth-order valence-electron chi connectivity index (χ4n) is 2.49. The molecule has 0 aliphatic carbocycles. The number of carboxylic acids is 1. The van der Waals surface area contributed by atoms with Gasteiger partial charge in [0.15, 0.2) is 0 Å². The molecule has 18 heavy (non-hydrogen) atoms. The van der Waals surface area contributed by atoms with Gasteiger partial charge in [0, 0.05) is 19.2 Å². The van der Waals surface area contributed by atoms with Crippen LogP contribution in [0.1, 0.15) is 30.1 Å². The largest absolute Gasteiger partial charge is 0.497 e. The number of hydrogen-bond acceptors (Lipinski definition) is 3. The molecule has 98 valence electrons. The molecule has 1 heterocycles.